The number of aryl methyl sites for hydroxylation is 3. The van der Waals surface area contributed by atoms with E-state index in [1.165, 1.54) is 21.6 Å². The van der Waals surface area contributed by atoms with E-state index in [0.29, 0.717) is 0 Å². The maximum atomic E-state index is 4.65. The molecule has 0 amide bonds. The molecule has 5 heteroatoms. The highest BCUT2D eigenvalue weighted by molar-refractivity contribution is 7.11. The van der Waals surface area contributed by atoms with Gasteiger partial charge in [0.05, 0.1) is 5.01 Å². The predicted molar refractivity (Wildman–Crippen MR) is 104 cm³/mol. The van der Waals surface area contributed by atoms with Crippen LogP contribution in [0.25, 0.3) is 0 Å². The Morgan fingerprint density at radius 2 is 2.00 bits per heavy atom. The molecule has 0 saturated carbocycles. The van der Waals surface area contributed by atoms with E-state index in [9.17, 15) is 0 Å². The fourth-order valence-electron chi connectivity index (χ4n) is 2.56. The third kappa shape index (κ3) is 5.96. The van der Waals surface area contributed by atoms with Crippen LogP contribution in [0.4, 0.5) is 0 Å². The van der Waals surface area contributed by atoms with E-state index in [0.717, 1.165) is 43.4 Å². The van der Waals surface area contributed by atoms with Gasteiger partial charge in [-0.2, -0.15) is 0 Å². The zero-order valence-electron chi connectivity index (χ0n) is 15.1. The SMILES string of the molecule is CCNC(=NCCc1ncc(C)s1)NCCc1ccc(C)cc1C. The van der Waals surface area contributed by atoms with Crippen molar-refractivity contribution in [2.24, 2.45) is 4.99 Å². The van der Waals surface area contributed by atoms with E-state index in [2.05, 4.69) is 66.5 Å². The Kier molecular flexibility index (Phi) is 7.25. The summed E-state index contributed by atoms with van der Waals surface area (Å²) in [6.07, 6.45) is 3.82. The molecule has 0 saturated heterocycles. The van der Waals surface area contributed by atoms with Gasteiger partial charge in [0, 0.05) is 37.1 Å². The highest BCUT2D eigenvalue weighted by Gasteiger charge is 2.02. The first-order valence-corrected chi connectivity index (χ1v) is 9.39. The summed E-state index contributed by atoms with van der Waals surface area (Å²) in [6.45, 7) is 11.0. The van der Waals surface area contributed by atoms with Gasteiger partial charge in [-0.1, -0.05) is 23.8 Å². The molecular weight excluding hydrogens is 316 g/mol. The van der Waals surface area contributed by atoms with Crippen LogP contribution < -0.4 is 10.6 Å². The Morgan fingerprint density at radius 3 is 2.67 bits per heavy atom. The number of aromatic nitrogens is 1. The van der Waals surface area contributed by atoms with Crippen molar-refractivity contribution in [1.82, 2.24) is 15.6 Å². The van der Waals surface area contributed by atoms with Crippen molar-refractivity contribution < 1.29 is 0 Å². The quantitative estimate of drug-likeness (QED) is 0.598. The lowest BCUT2D eigenvalue weighted by atomic mass is 10.0. The molecule has 1 heterocycles. The Balaban J connectivity index is 1.82. The largest absolute Gasteiger partial charge is 0.357 e. The first-order chi connectivity index (χ1) is 11.6. The number of benzene rings is 1. The van der Waals surface area contributed by atoms with Gasteiger partial charge in [-0.15, -0.1) is 11.3 Å². The van der Waals surface area contributed by atoms with E-state index < -0.39 is 0 Å². The van der Waals surface area contributed by atoms with Gasteiger partial charge in [0.15, 0.2) is 5.96 Å². The van der Waals surface area contributed by atoms with Crippen molar-refractivity contribution in [3.8, 4) is 0 Å². The van der Waals surface area contributed by atoms with Crippen molar-refractivity contribution in [1.29, 1.82) is 0 Å². The number of hydrogen-bond acceptors (Lipinski definition) is 3. The third-order valence-electron chi connectivity index (χ3n) is 3.79. The van der Waals surface area contributed by atoms with Crippen molar-refractivity contribution in [3.63, 3.8) is 0 Å². The molecule has 2 aromatic rings. The summed E-state index contributed by atoms with van der Waals surface area (Å²) in [6, 6.07) is 6.64. The second-order valence-electron chi connectivity index (χ2n) is 5.98. The molecule has 0 aliphatic heterocycles. The standard InChI is InChI=1S/C19H28N4S/c1-5-20-19(22-11-9-18-23-13-16(4)24-18)21-10-8-17-7-6-14(2)12-15(17)3/h6-7,12-13H,5,8-11H2,1-4H3,(H2,20,21,22). The number of guanidine groups is 1. The zero-order valence-corrected chi connectivity index (χ0v) is 16.0. The van der Waals surface area contributed by atoms with E-state index in [1.54, 1.807) is 11.3 Å². The minimum absolute atomic E-state index is 0.756. The first-order valence-electron chi connectivity index (χ1n) is 8.58. The number of thiazole rings is 1. The van der Waals surface area contributed by atoms with Crippen molar-refractivity contribution in [2.45, 2.75) is 40.5 Å². The molecule has 2 rings (SSSR count). The van der Waals surface area contributed by atoms with Crippen LogP contribution in [0.5, 0.6) is 0 Å². The monoisotopic (exact) mass is 344 g/mol. The third-order valence-corrected chi connectivity index (χ3v) is 4.77. The summed E-state index contributed by atoms with van der Waals surface area (Å²) in [5.41, 5.74) is 4.07. The molecule has 0 radical (unpaired) electrons. The van der Waals surface area contributed by atoms with Crippen LogP contribution in [0.1, 0.15) is 33.5 Å². The number of hydrogen-bond donors (Lipinski definition) is 2. The maximum Gasteiger partial charge on any atom is 0.191 e. The summed E-state index contributed by atoms with van der Waals surface area (Å²) in [7, 11) is 0. The summed E-state index contributed by atoms with van der Waals surface area (Å²) in [4.78, 5) is 10.3. The fraction of sp³-hybridized carbons (Fsp3) is 0.474. The highest BCUT2D eigenvalue weighted by atomic mass is 32.1. The summed E-state index contributed by atoms with van der Waals surface area (Å²) < 4.78 is 0. The molecule has 0 fully saturated rings. The van der Waals surface area contributed by atoms with Crippen LogP contribution in [-0.2, 0) is 12.8 Å². The second-order valence-corrected chi connectivity index (χ2v) is 7.30. The maximum absolute atomic E-state index is 4.65. The van der Waals surface area contributed by atoms with Crippen LogP contribution in [0.2, 0.25) is 0 Å². The number of rotatable bonds is 7. The van der Waals surface area contributed by atoms with E-state index in [4.69, 9.17) is 0 Å². The van der Waals surface area contributed by atoms with Crippen LogP contribution in [-0.4, -0.2) is 30.6 Å². The van der Waals surface area contributed by atoms with Crippen LogP contribution in [0, 0.1) is 20.8 Å². The Bertz CT molecular complexity index is 676. The van der Waals surface area contributed by atoms with Crippen LogP contribution in [0.15, 0.2) is 29.4 Å². The summed E-state index contributed by atoms with van der Waals surface area (Å²) in [5, 5.41) is 7.89. The van der Waals surface area contributed by atoms with Gasteiger partial charge in [0.25, 0.3) is 0 Å². The number of nitrogens with zero attached hydrogens (tertiary/aromatic N) is 2. The zero-order chi connectivity index (χ0) is 17.4. The predicted octanol–water partition coefficient (Wildman–Crippen LogP) is 3.41. The van der Waals surface area contributed by atoms with E-state index in [1.807, 2.05) is 6.20 Å². The lowest BCUT2D eigenvalue weighted by Crippen LogP contribution is -2.38. The lowest BCUT2D eigenvalue weighted by Gasteiger charge is -2.12. The normalized spacial score (nSPS) is 11.6. The summed E-state index contributed by atoms with van der Waals surface area (Å²) >= 11 is 1.75. The van der Waals surface area contributed by atoms with Gasteiger partial charge in [-0.05, 0) is 45.2 Å². The van der Waals surface area contributed by atoms with Gasteiger partial charge in [-0.25, -0.2) is 4.98 Å². The van der Waals surface area contributed by atoms with Crippen molar-refractivity contribution in [2.75, 3.05) is 19.6 Å². The molecule has 0 atom stereocenters. The second kappa shape index (κ2) is 9.42. The molecule has 4 nitrogen and oxygen atoms in total. The van der Waals surface area contributed by atoms with Crippen LogP contribution >= 0.6 is 11.3 Å². The van der Waals surface area contributed by atoms with Crippen LogP contribution in [0.3, 0.4) is 0 Å². The van der Waals surface area contributed by atoms with Gasteiger partial charge in [0.1, 0.15) is 0 Å². The molecule has 0 aliphatic carbocycles. The Hall–Kier alpha value is -1.88. The average molecular weight is 345 g/mol. The molecule has 24 heavy (non-hydrogen) atoms. The first kappa shape index (κ1) is 18.5. The minimum atomic E-state index is 0.756. The molecule has 0 unspecified atom stereocenters. The van der Waals surface area contributed by atoms with Crippen molar-refractivity contribution >= 4 is 17.3 Å². The Labute approximate surface area is 149 Å². The number of nitrogens with one attached hydrogen (secondary N) is 2. The average Bonchev–Trinajstić information content (AvgIpc) is 2.95. The molecule has 130 valence electrons. The van der Waals surface area contributed by atoms with Crippen molar-refractivity contribution in [3.05, 3.63) is 51.0 Å². The lowest BCUT2D eigenvalue weighted by molar-refractivity contribution is 0.794. The molecule has 2 N–H and O–H groups in total. The molecule has 0 aliphatic rings. The molecule has 1 aromatic heterocycles. The van der Waals surface area contributed by atoms with Gasteiger partial charge < -0.3 is 10.6 Å². The number of aliphatic imine (C=N–C) groups is 1. The van der Waals surface area contributed by atoms with E-state index in [-0.39, 0.29) is 0 Å². The van der Waals surface area contributed by atoms with Gasteiger partial charge in [-0.3, -0.25) is 4.99 Å². The minimum Gasteiger partial charge on any atom is -0.357 e. The highest BCUT2D eigenvalue weighted by Crippen LogP contribution is 2.12. The topological polar surface area (TPSA) is 49.3 Å². The van der Waals surface area contributed by atoms with Gasteiger partial charge in [0.2, 0.25) is 0 Å². The molecule has 1 aromatic carbocycles. The fourth-order valence-corrected chi connectivity index (χ4v) is 3.34. The molecule has 0 spiro atoms. The summed E-state index contributed by atoms with van der Waals surface area (Å²) in [5.74, 6) is 0.885. The smallest absolute Gasteiger partial charge is 0.191 e. The molecule has 0 bridgehead atoms. The van der Waals surface area contributed by atoms with Gasteiger partial charge >= 0.3 is 0 Å². The molecular formula is C19H28N4S. The Morgan fingerprint density at radius 1 is 1.17 bits per heavy atom. The van der Waals surface area contributed by atoms with E-state index >= 15 is 0 Å².